The highest BCUT2D eigenvalue weighted by atomic mass is 32.2. The number of benzene rings is 3. The van der Waals surface area contributed by atoms with Gasteiger partial charge in [-0.2, -0.15) is 0 Å². The van der Waals surface area contributed by atoms with Crippen LogP contribution in [0.3, 0.4) is 0 Å². The molecule has 1 aromatic heterocycles. The number of hydrogen-bond donors (Lipinski definition) is 1. The van der Waals surface area contributed by atoms with Gasteiger partial charge in [0.25, 0.3) is 10.0 Å². The molecule has 0 aliphatic heterocycles. The Hall–Kier alpha value is -4.11. The maximum atomic E-state index is 12.6. The van der Waals surface area contributed by atoms with Crippen LogP contribution in [-0.2, 0) is 21.4 Å². The predicted octanol–water partition coefficient (Wildman–Crippen LogP) is 4.66. The van der Waals surface area contributed by atoms with Crippen molar-refractivity contribution < 1.29 is 27.1 Å². The van der Waals surface area contributed by atoms with E-state index in [0.29, 0.717) is 28.9 Å². The Morgan fingerprint density at radius 1 is 0.971 bits per heavy atom. The molecule has 4 aromatic rings. The first-order valence-electron chi connectivity index (χ1n) is 10.8. The normalized spacial score (nSPS) is 11.3. The highest BCUT2D eigenvalue weighted by Crippen LogP contribution is 2.22. The number of carbonyl (C=O) groups is 1. The van der Waals surface area contributed by atoms with Gasteiger partial charge in [0.2, 0.25) is 0 Å². The van der Waals surface area contributed by atoms with Crippen LogP contribution in [0.2, 0.25) is 0 Å². The minimum atomic E-state index is -3.81. The zero-order chi connectivity index (χ0) is 25.0. The van der Waals surface area contributed by atoms with Gasteiger partial charge in [-0.15, -0.1) is 0 Å². The Morgan fingerprint density at radius 3 is 2.37 bits per heavy atom. The minimum absolute atomic E-state index is 0.0826. The van der Waals surface area contributed by atoms with E-state index >= 15 is 0 Å². The molecular weight excluding hydrogens is 470 g/mol. The predicted molar refractivity (Wildman–Crippen MR) is 131 cm³/mol. The summed E-state index contributed by atoms with van der Waals surface area (Å²) in [6.07, 6.45) is 0. The zero-order valence-electron chi connectivity index (χ0n) is 19.1. The zero-order valence-corrected chi connectivity index (χ0v) is 19.9. The lowest BCUT2D eigenvalue weighted by Gasteiger charge is -2.10. The summed E-state index contributed by atoms with van der Waals surface area (Å²) in [5.74, 6) is -0.0341. The summed E-state index contributed by atoms with van der Waals surface area (Å²) < 4.78 is 43.7. The third-order valence-corrected chi connectivity index (χ3v) is 6.56. The van der Waals surface area contributed by atoms with E-state index in [9.17, 15) is 18.0 Å². The molecule has 0 amide bonds. The number of carbonyl (C=O) groups excluding carboxylic acids is 1. The molecule has 35 heavy (non-hydrogen) atoms. The van der Waals surface area contributed by atoms with Crippen LogP contribution in [0.5, 0.6) is 5.75 Å². The molecule has 1 N–H and O–H groups in total. The Kier molecular flexibility index (Phi) is 6.88. The number of esters is 1. The molecule has 9 heteroatoms. The van der Waals surface area contributed by atoms with Gasteiger partial charge in [-0.25, -0.2) is 18.0 Å². The van der Waals surface area contributed by atoms with E-state index in [1.54, 1.807) is 18.2 Å². The first-order valence-corrected chi connectivity index (χ1v) is 12.3. The molecule has 3 aromatic carbocycles. The van der Waals surface area contributed by atoms with Crippen molar-refractivity contribution in [1.82, 2.24) is 0 Å². The summed E-state index contributed by atoms with van der Waals surface area (Å²) in [5.41, 5.74) is 1.89. The molecular formula is C26H23NO7S. The van der Waals surface area contributed by atoms with Crippen LogP contribution in [0.15, 0.2) is 86.9 Å². The van der Waals surface area contributed by atoms with Crippen LogP contribution in [-0.4, -0.2) is 21.0 Å². The highest BCUT2D eigenvalue weighted by molar-refractivity contribution is 7.92. The standard InChI is InChI=1S/C26H23NO7S/c1-3-32-21-9-11-22(12-10-21)35(30,31)27-20-7-5-18(6-8-20)26(29)33-16-19-15-25(28)34-24-14-17(2)4-13-23(19)24/h4-15,27H,3,16H2,1-2H3. The van der Waals surface area contributed by atoms with E-state index < -0.39 is 21.6 Å². The second kappa shape index (κ2) is 10.0. The maximum Gasteiger partial charge on any atom is 0.338 e. The quantitative estimate of drug-likeness (QED) is 0.281. The SMILES string of the molecule is CCOc1ccc(S(=O)(=O)Nc2ccc(C(=O)OCc3cc(=O)oc4cc(C)ccc34)cc2)cc1. The second-order valence-electron chi connectivity index (χ2n) is 7.75. The molecule has 0 bridgehead atoms. The molecule has 0 unspecified atom stereocenters. The highest BCUT2D eigenvalue weighted by Gasteiger charge is 2.16. The molecule has 0 radical (unpaired) electrons. The van der Waals surface area contributed by atoms with Crippen molar-refractivity contribution in [2.24, 2.45) is 0 Å². The Bertz CT molecular complexity index is 1520. The van der Waals surface area contributed by atoms with Crippen molar-refractivity contribution in [3.8, 4) is 5.75 Å². The summed E-state index contributed by atoms with van der Waals surface area (Å²) in [4.78, 5) is 24.5. The fourth-order valence-electron chi connectivity index (χ4n) is 3.45. The molecule has 0 spiro atoms. The van der Waals surface area contributed by atoms with Crippen LogP contribution >= 0.6 is 0 Å². The molecule has 8 nitrogen and oxygen atoms in total. The Labute approximate surface area is 202 Å². The average molecular weight is 494 g/mol. The van der Waals surface area contributed by atoms with Gasteiger partial charge in [0.05, 0.1) is 17.1 Å². The van der Waals surface area contributed by atoms with Gasteiger partial charge in [-0.3, -0.25) is 4.72 Å². The van der Waals surface area contributed by atoms with Gasteiger partial charge in [-0.05, 0) is 74.0 Å². The summed E-state index contributed by atoms with van der Waals surface area (Å²) in [6, 6.07) is 18.6. The largest absolute Gasteiger partial charge is 0.494 e. The molecule has 0 saturated carbocycles. The van der Waals surface area contributed by atoms with E-state index in [1.165, 1.54) is 42.5 Å². The summed E-state index contributed by atoms with van der Waals surface area (Å²) in [6.45, 7) is 4.09. The first-order chi connectivity index (χ1) is 16.7. The molecule has 0 aliphatic rings. The van der Waals surface area contributed by atoms with Gasteiger partial charge in [-0.1, -0.05) is 12.1 Å². The van der Waals surface area contributed by atoms with E-state index in [1.807, 2.05) is 26.0 Å². The summed E-state index contributed by atoms with van der Waals surface area (Å²) in [5, 5.41) is 0.682. The molecule has 180 valence electrons. The van der Waals surface area contributed by atoms with Crippen molar-refractivity contribution in [3.05, 3.63) is 99.9 Å². The molecule has 0 fully saturated rings. The first kappa shape index (κ1) is 24.0. The van der Waals surface area contributed by atoms with Crippen LogP contribution in [0.1, 0.15) is 28.4 Å². The number of aryl methyl sites for hydroxylation is 1. The smallest absolute Gasteiger partial charge is 0.338 e. The van der Waals surface area contributed by atoms with Crippen molar-refractivity contribution in [3.63, 3.8) is 0 Å². The topological polar surface area (TPSA) is 112 Å². The number of rotatable bonds is 8. The van der Waals surface area contributed by atoms with Crippen molar-refractivity contribution >= 4 is 32.6 Å². The lowest BCUT2D eigenvalue weighted by molar-refractivity contribution is 0.0474. The monoisotopic (exact) mass is 493 g/mol. The number of sulfonamides is 1. The molecule has 0 aliphatic carbocycles. The number of fused-ring (bicyclic) bond motifs is 1. The van der Waals surface area contributed by atoms with Crippen molar-refractivity contribution in [1.29, 1.82) is 0 Å². The van der Waals surface area contributed by atoms with Crippen LogP contribution in [0.4, 0.5) is 5.69 Å². The van der Waals surface area contributed by atoms with Crippen LogP contribution < -0.4 is 15.1 Å². The molecule has 0 atom stereocenters. The molecule has 4 rings (SSSR count). The van der Waals surface area contributed by atoms with Crippen molar-refractivity contribution in [2.75, 3.05) is 11.3 Å². The van der Waals surface area contributed by atoms with Crippen LogP contribution in [0, 0.1) is 6.92 Å². The van der Waals surface area contributed by atoms with Crippen LogP contribution in [0.25, 0.3) is 11.0 Å². The number of anilines is 1. The van der Waals surface area contributed by atoms with Gasteiger partial charge < -0.3 is 13.9 Å². The van der Waals surface area contributed by atoms with Gasteiger partial charge in [0, 0.05) is 22.7 Å². The summed E-state index contributed by atoms with van der Waals surface area (Å²) >= 11 is 0. The van der Waals surface area contributed by atoms with E-state index in [0.717, 1.165) is 5.56 Å². The lowest BCUT2D eigenvalue weighted by atomic mass is 10.1. The Balaban J connectivity index is 1.43. The maximum absolute atomic E-state index is 12.6. The lowest BCUT2D eigenvalue weighted by Crippen LogP contribution is -2.13. The van der Waals surface area contributed by atoms with Gasteiger partial charge >= 0.3 is 11.6 Å². The van der Waals surface area contributed by atoms with Crippen molar-refractivity contribution in [2.45, 2.75) is 25.3 Å². The fraction of sp³-hybridized carbons (Fsp3) is 0.154. The molecule has 0 saturated heterocycles. The van der Waals surface area contributed by atoms with Gasteiger partial charge in [0.1, 0.15) is 17.9 Å². The summed E-state index contributed by atoms with van der Waals surface area (Å²) in [7, 11) is -3.81. The third kappa shape index (κ3) is 5.70. The Morgan fingerprint density at radius 2 is 1.69 bits per heavy atom. The third-order valence-electron chi connectivity index (χ3n) is 5.16. The number of nitrogens with one attached hydrogen (secondary N) is 1. The average Bonchev–Trinajstić information content (AvgIpc) is 2.82. The van der Waals surface area contributed by atoms with E-state index in [2.05, 4.69) is 4.72 Å². The minimum Gasteiger partial charge on any atom is -0.494 e. The number of hydrogen-bond acceptors (Lipinski definition) is 7. The fourth-order valence-corrected chi connectivity index (χ4v) is 4.51. The number of ether oxygens (including phenoxy) is 2. The van der Waals surface area contributed by atoms with E-state index in [-0.39, 0.29) is 22.8 Å². The second-order valence-corrected chi connectivity index (χ2v) is 9.44. The van der Waals surface area contributed by atoms with Gasteiger partial charge in [0.15, 0.2) is 0 Å². The molecule has 1 heterocycles. The van der Waals surface area contributed by atoms with E-state index in [4.69, 9.17) is 13.9 Å².